The van der Waals surface area contributed by atoms with Gasteiger partial charge in [0.05, 0.1) is 10.6 Å². The zero-order valence-electron chi connectivity index (χ0n) is 19.2. The number of likely N-dealkylation sites (N-methyl/N-ethyl adjacent to an activating group) is 1. The Labute approximate surface area is 215 Å². The number of carbonyl (C=O) groups is 2. The van der Waals surface area contributed by atoms with Crippen LogP contribution in [-0.4, -0.2) is 44.8 Å². The molecule has 0 saturated heterocycles. The summed E-state index contributed by atoms with van der Waals surface area (Å²) in [5, 5.41) is 3.28. The maximum atomic E-state index is 13.6. The first kappa shape index (κ1) is 26.5. The van der Waals surface area contributed by atoms with Crippen LogP contribution in [0.4, 0.5) is 5.69 Å². The quantitative estimate of drug-likeness (QED) is 0.442. The van der Waals surface area contributed by atoms with Crippen LogP contribution in [0.3, 0.4) is 0 Å². The molecule has 0 aliphatic rings. The van der Waals surface area contributed by atoms with E-state index in [0.717, 1.165) is 4.31 Å². The van der Waals surface area contributed by atoms with Crippen LogP contribution < -0.4 is 9.62 Å². The summed E-state index contributed by atoms with van der Waals surface area (Å²) in [4.78, 5) is 27.4. The number of halogens is 2. The van der Waals surface area contributed by atoms with Crippen molar-refractivity contribution in [2.24, 2.45) is 0 Å². The Morgan fingerprint density at radius 2 is 1.60 bits per heavy atom. The highest BCUT2D eigenvalue weighted by Gasteiger charge is 2.32. The van der Waals surface area contributed by atoms with Crippen molar-refractivity contribution in [3.8, 4) is 0 Å². The van der Waals surface area contributed by atoms with Gasteiger partial charge in [0.2, 0.25) is 11.8 Å². The summed E-state index contributed by atoms with van der Waals surface area (Å²) in [5.41, 5.74) is 0.846. The van der Waals surface area contributed by atoms with E-state index >= 15 is 0 Å². The highest BCUT2D eigenvalue weighted by Crippen LogP contribution is 2.27. The predicted octanol–water partition coefficient (Wildman–Crippen LogP) is 4.35. The van der Waals surface area contributed by atoms with Gasteiger partial charge in [0.25, 0.3) is 10.0 Å². The van der Waals surface area contributed by atoms with Crippen molar-refractivity contribution in [2.45, 2.75) is 24.4 Å². The smallest absolute Gasteiger partial charge is 0.264 e. The van der Waals surface area contributed by atoms with Gasteiger partial charge in [-0.25, -0.2) is 8.42 Å². The molecule has 3 aromatic carbocycles. The van der Waals surface area contributed by atoms with Gasteiger partial charge >= 0.3 is 0 Å². The SMILES string of the molecule is CNC(=O)C(C)N(Cc1ccccc1Cl)C(=O)CN(c1cccc(Cl)c1)S(=O)(=O)c1ccccc1. The van der Waals surface area contributed by atoms with Crippen LogP contribution in [0.15, 0.2) is 83.8 Å². The van der Waals surface area contributed by atoms with Crippen LogP contribution in [-0.2, 0) is 26.2 Å². The summed E-state index contributed by atoms with van der Waals surface area (Å²) in [7, 11) is -2.66. The summed E-state index contributed by atoms with van der Waals surface area (Å²) in [5.74, 6) is -0.980. The Kier molecular flexibility index (Phi) is 8.77. The molecule has 0 spiro atoms. The Balaban J connectivity index is 2.04. The van der Waals surface area contributed by atoms with Crippen LogP contribution in [0, 0.1) is 0 Å². The Morgan fingerprint density at radius 3 is 2.23 bits per heavy atom. The molecule has 7 nitrogen and oxygen atoms in total. The van der Waals surface area contributed by atoms with E-state index in [1.54, 1.807) is 67.6 Å². The maximum Gasteiger partial charge on any atom is 0.264 e. The summed E-state index contributed by atoms with van der Waals surface area (Å²) >= 11 is 12.4. The van der Waals surface area contributed by atoms with E-state index in [1.165, 1.54) is 30.1 Å². The summed E-state index contributed by atoms with van der Waals surface area (Å²) in [6, 6.07) is 20.1. The van der Waals surface area contributed by atoms with E-state index in [0.29, 0.717) is 15.6 Å². The average molecular weight is 534 g/mol. The number of anilines is 1. The fourth-order valence-corrected chi connectivity index (χ4v) is 5.29. The van der Waals surface area contributed by atoms with Gasteiger partial charge in [-0.2, -0.15) is 0 Å². The second-order valence-corrected chi connectivity index (χ2v) is 10.4. The van der Waals surface area contributed by atoms with Crippen LogP contribution in [0.1, 0.15) is 12.5 Å². The Bertz CT molecular complexity index is 1300. The van der Waals surface area contributed by atoms with Crippen LogP contribution in [0.25, 0.3) is 0 Å². The van der Waals surface area contributed by atoms with E-state index in [9.17, 15) is 18.0 Å². The van der Waals surface area contributed by atoms with Crippen molar-refractivity contribution >= 4 is 50.7 Å². The molecule has 10 heteroatoms. The molecule has 0 saturated carbocycles. The second-order valence-electron chi connectivity index (χ2n) is 7.71. The van der Waals surface area contributed by atoms with Crippen molar-refractivity contribution < 1.29 is 18.0 Å². The molecule has 0 aliphatic carbocycles. The summed E-state index contributed by atoms with van der Waals surface area (Å²) in [6.45, 7) is 1.04. The summed E-state index contributed by atoms with van der Waals surface area (Å²) in [6.07, 6.45) is 0. The molecule has 3 rings (SSSR count). The normalized spacial score (nSPS) is 12.0. The average Bonchev–Trinajstić information content (AvgIpc) is 2.86. The van der Waals surface area contributed by atoms with Gasteiger partial charge in [-0.15, -0.1) is 0 Å². The van der Waals surface area contributed by atoms with Gasteiger partial charge in [-0.1, -0.05) is 65.7 Å². The van der Waals surface area contributed by atoms with E-state index in [1.807, 2.05) is 0 Å². The molecular formula is C25H25Cl2N3O4S. The first-order valence-corrected chi connectivity index (χ1v) is 12.9. The fraction of sp³-hybridized carbons (Fsp3) is 0.200. The third-order valence-corrected chi connectivity index (χ3v) is 7.81. The van der Waals surface area contributed by atoms with Crippen molar-refractivity contribution in [2.75, 3.05) is 17.9 Å². The lowest BCUT2D eigenvalue weighted by molar-refractivity contribution is -0.139. The molecule has 0 bridgehead atoms. The van der Waals surface area contributed by atoms with Gasteiger partial charge in [-0.3, -0.25) is 13.9 Å². The van der Waals surface area contributed by atoms with Gasteiger partial charge in [-0.05, 0) is 48.9 Å². The first-order chi connectivity index (χ1) is 16.6. The highest BCUT2D eigenvalue weighted by atomic mass is 35.5. The topological polar surface area (TPSA) is 86.8 Å². The van der Waals surface area contributed by atoms with Gasteiger partial charge < -0.3 is 10.2 Å². The maximum absolute atomic E-state index is 13.6. The fourth-order valence-electron chi connectivity index (χ4n) is 3.48. The molecule has 1 unspecified atom stereocenters. The molecule has 0 aliphatic heterocycles. The third kappa shape index (κ3) is 6.33. The number of benzene rings is 3. The van der Waals surface area contributed by atoms with Crippen molar-refractivity contribution in [3.05, 3.63) is 94.5 Å². The Hall–Kier alpha value is -3.07. The van der Waals surface area contributed by atoms with E-state index in [4.69, 9.17) is 23.2 Å². The highest BCUT2D eigenvalue weighted by molar-refractivity contribution is 7.92. The van der Waals surface area contributed by atoms with Crippen LogP contribution in [0.2, 0.25) is 10.0 Å². The molecule has 1 N–H and O–H groups in total. The lowest BCUT2D eigenvalue weighted by atomic mass is 10.1. The third-order valence-electron chi connectivity index (χ3n) is 5.42. The molecule has 2 amide bonds. The molecule has 3 aromatic rings. The number of nitrogens with zero attached hydrogens (tertiary/aromatic N) is 2. The minimum Gasteiger partial charge on any atom is -0.357 e. The minimum atomic E-state index is -4.13. The zero-order valence-corrected chi connectivity index (χ0v) is 21.5. The van der Waals surface area contributed by atoms with Crippen molar-refractivity contribution in [1.82, 2.24) is 10.2 Å². The minimum absolute atomic E-state index is 0.0157. The largest absolute Gasteiger partial charge is 0.357 e. The second kappa shape index (κ2) is 11.6. The standard InChI is InChI=1S/C25H25Cl2N3O4S/c1-18(25(32)28-2)29(16-19-9-6-7-14-23(19)27)24(31)17-30(21-11-8-10-20(26)15-21)35(33,34)22-12-4-3-5-13-22/h3-15,18H,16-17H2,1-2H3,(H,28,32). The number of amides is 2. The van der Waals surface area contributed by atoms with Crippen molar-refractivity contribution in [1.29, 1.82) is 0 Å². The Morgan fingerprint density at radius 1 is 0.943 bits per heavy atom. The lowest BCUT2D eigenvalue weighted by Gasteiger charge is -2.32. The van der Waals surface area contributed by atoms with Crippen molar-refractivity contribution in [3.63, 3.8) is 0 Å². The molecule has 184 valence electrons. The zero-order chi connectivity index (χ0) is 25.6. The predicted molar refractivity (Wildman–Crippen MR) is 138 cm³/mol. The molecule has 0 radical (unpaired) electrons. The molecule has 0 fully saturated rings. The van der Waals surface area contributed by atoms with E-state index < -0.39 is 34.4 Å². The van der Waals surface area contributed by atoms with Gasteiger partial charge in [0, 0.05) is 23.6 Å². The number of hydrogen-bond acceptors (Lipinski definition) is 4. The number of sulfonamides is 1. The van der Waals surface area contributed by atoms with E-state index in [-0.39, 0.29) is 17.1 Å². The molecular weight excluding hydrogens is 509 g/mol. The molecule has 0 heterocycles. The number of hydrogen-bond donors (Lipinski definition) is 1. The lowest BCUT2D eigenvalue weighted by Crippen LogP contribution is -2.50. The first-order valence-electron chi connectivity index (χ1n) is 10.7. The number of nitrogens with one attached hydrogen (secondary N) is 1. The van der Waals surface area contributed by atoms with E-state index in [2.05, 4.69) is 5.32 Å². The van der Waals surface area contributed by atoms with Crippen LogP contribution in [0.5, 0.6) is 0 Å². The number of rotatable bonds is 9. The monoisotopic (exact) mass is 533 g/mol. The molecule has 1 atom stereocenters. The number of carbonyl (C=O) groups excluding carboxylic acids is 2. The van der Waals surface area contributed by atoms with Gasteiger partial charge in [0.1, 0.15) is 12.6 Å². The van der Waals surface area contributed by atoms with Crippen LogP contribution >= 0.6 is 23.2 Å². The summed E-state index contributed by atoms with van der Waals surface area (Å²) < 4.78 is 28.2. The molecule has 35 heavy (non-hydrogen) atoms. The molecule has 0 aromatic heterocycles. The van der Waals surface area contributed by atoms with Gasteiger partial charge in [0.15, 0.2) is 0 Å².